The van der Waals surface area contributed by atoms with Gasteiger partial charge >= 0.3 is 6.18 Å². The van der Waals surface area contributed by atoms with Crippen molar-refractivity contribution in [2.45, 2.75) is 37.7 Å². The van der Waals surface area contributed by atoms with Gasteiger partial charge in [0.05, 0.1) is 34.8 Å². The fourth-order valence-corrected chi connectivity index (χ4v) is 5.98. The van der Waals surface area contributed by atoms with Gasteiger partial charge in [0.15, 0.2) is 0 Å². The summed E-state index contributed by atoms with van der Waals surface area (Å²) < 4.78 is 42.0. The highest BCUT2D eigenvalue weighted by Crippen LogP contribution is 2.35. The minimum atomic E-state index is -4.55. The number of β-amino-alcohol motifs (C(OH)–C–C–N with tert-alkyl or cyclic N) is 1. The maximum absolute atomic E-state index is 13.5. The van der Waals surface area contributed by atoms with Crippen LogP contribution in [0, 0.1) is 0 Å². The van der Waals surface area contributed by atoms with Gasteiger partial charge in [-0.1, -0.05) is 23.7 Å². The zero-order chi connectivity index (χ0) is 27.2. The quantitative estimate of drug-likeness (QED) is 0.412. The number of carbonyl (C=O) groups excluding carboxylic acids is 2. The van der Waals surface area contributed by atoms with Crippen molar-refractivity contribution in [3.63, 3.8) is 0 Å². The first-order valence-electron chi connectivity index (χ1n) is 11.9. The van der Waals surface area contributed by atoms with E-state index in [0.717, 1.165) is 17.8 Å². The lowest BCUT2D eigenvalue weighted by Gasteiger charge is -2.21. The number of aliphatic hydroxyl groups is 1. The summed E-state index contributed by atoms with van der Waals surface area (Å²) in [6, 6.07) is 9.01. The van der Waals surface area contributed by atoms with E-state index in [2.05, 4.69) is 5.10 Å². The third-order valence-corrected chi connectivity index (χ3v) is 8.03. The average molecular weight is 565 g/mol. The second-order valence-corrected chi connectivity index (χ2v) is 11.0. The van der Waals surface area contributed by atoms with Crippen LogP contribution < -0.4 is 0 Å². The number of amides is 2. The number of likely N-dealkylation sites (N-methyl/N-ethyl adjacent to an activating group) is 1. The summed E-state index contributed by atoms with van der Waals surface area (Å²) in [6.45, 7) is 0.760. The van der Waals surface area contributed by atoms with Crippen molar-refractivity contribution >= 4 is 51.5 Å². The fraction of sp³-hybridized carbons (Fsp3) is 0.346. The first kappa shape index (κ1) is 26.7. The third kappa shape index (κ3) is 5.47. The molecule has 3 heterocycles. The highest BCUT2D eigenvalue weighted by Gasteiger charge is 2.37. The Labute approximate surface area is 225 Å². The van der Waals surface area contributed by atoms with Gasteiger partial charge in [-0.15, -0.1) is 0 Å². The standard InChI is InChI=1S/C26H24ClF3N4O3S/c1-32-14-20(35)11-19(32)6-7-33-24(36)23(38-25(33)37)9-15-2-5-22-17(8-15)12-31-34(22)13-16-3-4-18(27)10-21(16)26(28,29)30/h2-5,8-10,12,19-20,35H,6-7,11,13-14H2,1H3/b23-9-/t19?,20-/m1/s1. The molecule has 2 aromatic carbocycles. The predicted octanol–water partition coefficient (Wildman–Crippen LogP) is 5.25. The van der Waals surface area contributed by atoms with Crippen LogP contribution >= 0.6 is 23.4 Å². The molecule has 1 N–H and O–H groups in total. The van der Waals surface area contributed by atoms with E-state index >= 15 is 0 Å². The lowest BCUT2D eigenvalue weighted by molar-refractivity contribution is -0.138. The van der Waals surface area contributed by atoms with Crippen molar-refractivity contribution in [3.8, 4) is 0 Å². The number of carbonyl (C=O) groups is 2. The molecule has 2 aliphatic rings. The van der Waals surface area contributed by atoms with Gasteiger partial charge in [0.1, 0.15) is 0 Å². The van der Waals surface area contributed by atoms with Crippen molar-refractivity contribution in [3.05, 3.63) is 69.2 Å². The molecule has 12 heteroatoms. The molecule has 0 bridgehead atoms. The van der Waals surface area contributed by atoms with E-state index < -0.39 is 17.8 Å². The number of thioether (sulfide) groups is 1. The van der Waals surface area contributed by atoms with Crippen molar-refractivity contribution in [1.29, 1.82) is 0 Å². The number of nitrogens with zero attached hydrogens (tertiary/aromatic N) is 4. The Hall–Kier alpha value is -2.86. The molecule has 2 aliphatic heterocycles. The van der Waals surface area contributed by atoms with E-state index in [4.69, 9.17) is 11.6 Å². The maximum Gasteiger partial charge on any atom is 0.416 e. The minimum absolute atomic E-state index is 0.00475. The average Bonchev–Trinajstić information content (AvgIpc) is 3.47. The molecule has 38 heavy (non-hydrogen) atoms. The Balaban J connectivity index is 1.32. The Morgan fingerprint density at radius 1 is 1.21 bits per heavy atom. The molecule has 2 atom stereocenters. The van der Waals surface area contributed by atoms with Crippen LogP contribution in [0.25, 0.3) is 17.0 Å². The van der Waals surface area contributed by atoms with Crippen molar-refractivity contribution in [1.82, 2.24) is 19.6 Å². The van der Waals surface area contributed by atoms with Gasteiger partial charge in [0.25, 0.3) is 11.1 Å². The topological polar surface area (TPSA) is 78.7 Å². The normalized spacial score (nSPS) is 21.9. The smallest absolute Gasteiger partial charge is 0.392 e. The van der Waals surface area contributed by atoms with Gasteiger partial charge in [0, 0.05) is 29.5 Å². The van der Waals surface area contributed by atoms with Gasteiger partial charge in [-0.2, -0.15) is 18.3 Å². The minimum Gasteiger partial charge on any atom is -0.392 e. The van der Waals surface area contributed by atoms with Crippen LogP contribution in [-0.2, 0) is 17.5 Å². The van der Waals surface area contributed by atoms with Gasteiger partial charge in [0.2, 0.25) is 0 Å². The monoisotopic (exact) mass is 564 g/mol. The molecule has 2 saturated heterocycles. The summed E-state index contributed by atoms with van der Waals surface area (Å²) in [5.41, 5.74) is 0.532. The Morgan fingerprint density at radius 3 is 2.71 bits per heavy atom. The molecule has 5 rings (SSSR count). The first-order chi connectivity index (χ1) is 18.0. The van der Waals surface area contributed by atoms with Crippen molar-refractivity contribution in [2.24, 2.45) is 0 Å². The number of aliphatic hydroxyl groups excluding tert-OH is 1. The van der Waals surface area contributed by atoms with Crippen LogP contribution in [0.2, 0.25) is 5.02 Å². The molecule has 200 valence electrons. The summed E-state index contributed by atoms with van der Waals surface area (Å²) in [5.74, 6) is -0.362. The number of hydrogen-bond donors (Lipinski definition) is 1. The van der Waals surface area contributed by atoms with E-state index in [0.29, 0.717) is 40.8 Å². The van der Waals surface area contributed by atoms with E-state index in [9.17, 15) is 27.9 Å². The Bertz CT molecular complexity index is 1440. The molecular formula is C26H24ClF3N4O3S. The SMILES string of the molecule is CN1C[C@H](O)CC1CCN1C(=O)S/C(=C\c2ccc3c(cnn3Cc3ccc(Cl)cc3C(F)(F)F)c2)C1=O. The zero-order valence-electron chi connectivity index (χ0n) is 20.3. The molecular weight excluding hydrogens is 541 g/mol. The Kier molecular flexibility index (Phi) is 7.29. The highest BCUT2D eigenvalue weighted by atomic mass is 35.5. The molecule has 1 aromatic heterocycles. The van der Waals surface area contributed by atoms with Crippen molar-refractivity contribution in [2.75, 3.05) is 20.1 Å². The number of fused-ring (bicyclic) bond motifs is 1. The van der Waals surface area contributed by atoms with Crippen LogP contribution in [0.1, 0.15) is 29.5 Å². The second-order valence-electron chi connectivity index (χ2n) is 9.52. The van der Waals surface area contributed by atoms with Crippen LogP contribution in [0.5, 0.6) is 0 Å². The number of likely N-dealkylation sites (tertiary alicyclic amines) is 1. The van der Waals surface area contributed by atoms with Crippen LogP contribution in [-0.4, -0.2) is 68.1 Å². The summed E-state index contributed by atoms with van der Waals surface area (Å²) in [7, 11) is 1.91. The van der Waals surface area contributed by atoms with Gasteiger partial charge < -0.3 is 10.0 Å². The molecule has 0 aliphatic carbocycles. The van der Waals surface area contributed by atoms with Gasteiger partial charge in [-0.05, 0) is 73.1 Å². The van der Waals surface area contributed by atoms with Gasteiger partial charge in [-0.25, -0.2) is 0 Å². The summed E-state index contributed by atoms with van der Waals surface area (Å²) in [6.07, 6.45) is -0.549. The lowest BCUT2D eigenvalue weighted by Crippen LogP contribution is -2.34. The summed E-state index contributed by atoms with van der Waals surface area (Å²) in [5, 5.41) is 14.4. The molecule has 3 aromatic rings. The van der Waals surface area contributed by atoms with Crippen molar-refractivity contribution < 1.29 is 27.9 Å². The number of alkyl halides is 3. The van der Waals surface area contributed by atoms with Crippen LogP contribution in [0.4, 0.5) is 18.0 Å². The molecule has 2 amide bonds. The number of hydrogen-bond acceptors (Lipinski definition) is 6. The fourth-order valence-electron chi connectivity index (χ4n) is 4.94. The molecule has 0 radical (unpaired) electrons. The number of imide groups is 1. The van der Waals surface area contributed by atoms with Crippen LogP contribution in [0.3, 0.4) is 0 Å². The largest absolute Gasteiger partial charge is 0.416 e. The van der Waals surface area contributed by atoms with E-state index in [1.807, 2.05) is 11.9 Å². The highest BCUT2D eigenvalue weighted by molar-refractivity contribution is 8.18. The maximum atomic E-state index is 13.5. The molecule has 2 fully saturated rings. The number of halogens is 4. The number of aromatic nitrogens is 2. The first-order valence-corrected chi connectivity index (χ1v) is 13.1. The molecule has 7 nitrogen and oxygen atoms in total. The summed E-state index contributed by atoms with van der Waals surface area (Å²) in [4.78, 5) is 29.0. The second kappa shape index (κ2) is 10.4. The molecule has 0 spiro atoms. The van der Waals surface area contributed by atoms with E-state index in [1.165, 1.54) is 21.7 Å². The summed E-state index contributed by atoms with van der Waals surface area (Å²) >= 11 is 6.66. The zero-order valence-corrected chi connectivity index (χ0v) is 21.9. The van der Waals surface area contributed by atoms with Gasteiger partial charge in [-0.3, -0.25) is 19.2 Å². The van der Waals surface area contributed by atoms with Crippen LogP contribution in [0.15, 0.2) is 47.5 Å². The predicted molar refractivity (Wildman–Crippen MR) is 140 cm³/mol. The van der Waals surface area contributed by atoms with E-state index in [1.54, 1.807) is 30.5 Å². The lowest BCUT2D eigenvalue weighted by atomic mass is 10.1. The Morgan fingerprint density at radius 2 is 2.00 bits per heavy atom. The third-order valence-electron chi connectivity index (χ3n) is 6.89. The van der Waals surface area contributed by atoms with E-state index in [-0.39, 0.29) is 40.9 Å². The molecule has 1 unspecified atom stereocenters. The number of rotatable bonds is 6. The number of benzene rings is 2. The molecule has 0 saturated carbocycles.